The van der Waals surface area contributed by atoms with E-state index in [1.165, 1.54) is 32.5 Å². The molecular formula is C52H26N9P. The Balaban J connectivity index is 1.16. The van der Waals surface area contributed by atoms with Crippen LogP contribution in [0.2, 0.25) is 0 Å². The summed E-state index contributed by atoms with van der Waals surface area (Å²) in [6.45, 7) is 0. The second kappa shape index (κ2) is 10.3. The molecule has 0 saturated heterocycles. The topological polar surface area (TPSA) is 128 Å². The summed E-state index contributed by atoms with van der Waals surface area (Å²) in [7, 11) is 0.276. The minimum absolute atomic E-state index is 0.0723. The number of H-pyrrole nitrogens is 4. The first-order valence-corrected chi connectivity index (χ1v) is 22.0. The monoisotopic (exact) mass is 807 g/mol. The van der Waals surface area contributed by atoms with Crippen molar-refractivity contribution in [2.24, 2.45) is 0 Å². The number of aromatic amines is 4. The summed E-state index contributed by atoms with van der Waals surface area (Å²) >= 11 is 0. The first kappa shape index (κ1) is 31.0. The summed E-state index contributed by atoms with van der Waals surface area (Å²) < 4.78 is 0. The van der Waals surface area contributed by atoms with Crippen LogP contribution in [0, 0.1) is 0 Å². The molecule has 0 fully saturated rings. The Bertz CT molecular complexity index is 4680. The van der Waals surface area contributed by atoms with Gasteiger partial charge in [-0.2, -0.15) is 0 Å². The number of rotatable bonds is 0. The van der Waals surface area contributed by atoms with Crippen molar-refractivity contribution in [1.82, 2.24) is 44.9 Å². The van der Waals surface area contributed by atoms with Crippen LogP contribution in [0.5, 0.6) is 0 Å². The van der Waals surface area contributed by atoms with Gasteiger partial charge >= 0.3 is 0 Å². The number of para-hydroxylation sites is 2. The van der Waals surface area contributed by atoms with Crippen LogP contribution in [0.4, 0.5) is 0 Å². The van der Waals surface area contributed by atoms with Gasteiger partial charge in [0.1, 0.15) is 27.6 Å². The highest BCUT2D eigenvalue weighted by atomic mass is 31.1. The Labute approximate surface area is 349 Å². The molecule has 62 heavy (non-hydrogen) atoms. The molecule has 0 spiro atoms. The fourth-order valence-corrected chi connectivity index (χ4v) is 12.9. The molecule has 0 saturated carbocycles. The van der Waals surface area contributed by atoms with Gasteiger partial charge in [0.05, 0.1) is 55.5 Å². The van der Waals surface area contributed by atoms with E-state index in [0.29, 0.717) is 5.52 Å². The van der Waals surface area contributed by atoms with Gasteiger partial charge in [-0.1, -0.05) is 93.5 Å². The van der Waals surface area contributed by atoms with E-state index in [2.05, 4.69) is 141 Å². The number of benzene rings is 7. The third kappa shape index (κ3) is 3.63. The lowest BCUT2D eigenvalue weighted by atomic mass is 9.98. The van der Waals surface area contributed by atoms with E-state index in [-0.39, 0.29) is 14.2 Å². The highest BCUT2D eigenvalue weighted by molar-refractivity contribution is 7.49. The number of allylic oxidation sites excluding steroid dienone is 2. The Morgan fingerprint density at radius 3 is 1.77 bits per heavy atom. The summed E-state index contributed by atoms with van der Waals surface area (Å²) in [5.41, 5.74) is 18.8. The normalized spacial score (nSPS) is 15.8. The molecule has 10 heteroatoms. The maximum Gasteiger partial charge on any atom is 0.120 e. The Morgan fingerprint density at radius 1 is 0.435 bits per heavy atom. The molecule has 3 aliphatic rings. The zero-order chi connectivity index (χ0) is 39.7. The third-order valence-electron chi connectivity index (χ3n) is 14.0. The van der Waals surface area contributed by atoms with Crippen LogP contribution >= 0.6 is 8.58 Å². The summed E-state index contributed by atoms with van der Waals surface area (Å²) in [5.74, 6) is 0. The zero-order valence-electron chi connectivity index (χ0n) is 32.4. The number of aromatic nitrogens is 9. The Kier molecular flexibility index (Phi) is 5.14. The van der Waals surface area contributed by atoms with Crippen LogP contribution < -0.4 is 10.5 Å². The van der Waals surface area contributed by atoms with E-state index >= 15 is 0 Å². The minimum atomic E-state index is -0.0723. The average Bonchev–Trinajstić information content (AvgIpc) is 4.13. The van der Waals surface area contributed by atoms with Crippen molar-refractivity contribution in [1.29, 1.82) is 0 Å². The molecule has 9 nitrogen and oxygen atoms in total. The number of nitrogens with zero attached hydrogens (tertiary/aromatic N) is 5. The van der Waals surface area contributed by atoms with Crippen LogP contribution in [0.3, 0.4) is 0 Å². The molecule has 2 unspecified atom stereocenters. The molecule has 7 aromatic carbocycles. The number of fused-ring (bicyclic) bond motifs is 9. The van der Waals surface area contributed by atoms with Crippen molar-refractivity contribution in [3.05, 3.63) is 132 Å². The second-order valence-corrected chi connectivity index (χ2v) is 18.6. The molecule has 17 rings (SSSR count). The van der Waals surface area contributed by atoms with Crippen molar-refractivity contribution in [2.45, 2.75) is 5.66 Å². The molecule has 1 aliphatic carbocycles. The lowest BCUT2D eigenvalue weighted by Gasteiger charge is -2.27. The van der Waals surface area contributed by atoms with Gasteiger partial charge in [-0.15, -0.1) is 0 Å². The summed E-state index contributed by atoms with van der Waals surface area (Å²) in [6.07, 6.45) is 4.59. The standard InChI is InChI=1S/C52H26N9P/c1-3-27-33-17-23-11-7-21-9-13-25-19-35(57-41(25)37(21)39(23)55-33)29-15-16-30-36-20-26-14-10-22-8-12-24-18-34(56-40(24)38(22)42(26)58-36)28-4-2-6-32-44(28)60-49-47(54-32)46-48(59-43(27)31(5-1)53-46)50-52(49)62-51(30)45(29)61-50/h1-20,51,55-58,62H. The molecule has 16 bridgehead atoms. The Morgan fingerprint density at radius 2 is 1.00 bits per heavy atom. The largest absolute Gasteiger partial charge is 0.354 e. The molecule has 7 aromatic heterocycles. The molecule has 9 heterocycles. The molecular weight excluding hydrogens is 782 g/mol. The predicted octanol–water partition coefficient (Wildman–Crippen LogP) is 11.3. The van der Waals surface area contributed by atoms with Gasteiger partial charge in [-0.05, 0) is 52.7 Å². The highest BCUT2D eigenvalue weighted by Gasteiger charge is 2.33. The van der Waals surface area contributed by atoms with Crippen LogP contribution in [-0.4, -0.2) is 44.9 Å². The van der Waals surface area contributed by atoms with Gasteiger partial charge in [-0.25, -0.2) is 24.9 Å². The maximum atomic E-state index is 5.84. The maximum absolute atomic E-state index is 5.84. The van der Waals surface area contributed by atoms with Gasteiger partial charge in [0, 0.05) is 76.2 Å². The van der Waals surface area contributed by atoms with E-state index in [4.69, 9.17) is 24.9 Å². The van der Waals surface area contributed by atoms with Crippen molar-refractivity contribution >= 4 is 157 Å². The SMILES string of the molecule is C1=C2c3cc4ccc5ccc6cc([nH]c6c5c4[nH]3)-c3cccc4nc5c(nc34)c3c4nc(c(c6cc7ccc8ccc9cc([nH]c9c8c7[nH]6)c6cccc7nc5c4nc76)=C1)C2P3. The minimum Gasteiger partial charge on any atom is -0.354 e. The van der Waals surface area contributed by atoms with Crippen LogP contribution in [0.15, 0.2) is 115 Å². The van der Waals surface area contributed by atoms with Gasteiger partial charge in [0.2, 0.25) is 0 Å². The lowest BCUT2D eigenvalue weighted by Crippen LogP contribution is -2.24. The molecule has 2 aliphatic heterocycles. The van der Waals surface area contributed by atoms with Crippen molar-refractivity contribution in [2.75, 3.05) is 0 Å². The second-order valence-electron chi connectivity index (χ2n) is 17.2. The van der Waals surface area contributed by atoms with Crippen LogP contribution in [0.25, 0.3) is 154 Å². The fourth-order valence-electron chi connectivity index (χ4n) is 11.2. The van der Waals surface area contributed by atoms with Crippen molar-refractivity contribution in [3.63, 3.8) is 0 Å². The third-order valence-corrected chi connectivity index (χ3v) is 15.7. The van der Waals surface area contributed by atoms with Gasteiger partial charge < -0.3 is 19.9 Å². The lowest BCUT2D eigenvalue weighted by molar-refractivity contribution is 1.09. The number of nitrogens with one attached hydrogen (secondary N) is 4. The molecule has 2 atom stereocenters. The van der Waals surface area contributed by atoms with Crippen molar-refractivity contribution < 1.29 is 0 Å². The first-order valence-electron chi connectivity index (χ1n) is 21.0. The van der Waals surface area contributed by atoms with E-state index < -0.39 is 0 Å². The van der Waals surface area contributed by atoms with Crippen LogP contribution in [0.1, 0.15) is 17.0 Å². The predicted molar refractivity (Wildman–Crippen MR) is 255 cm³/mol. The van der Waals surface area contributed by atoms with Gasteiger partial charge in [0.15, 0.2) is 0 Å². The molecule has 14 aromatic rings. The molecule has 0 radical (unpaired) electrons. The number of hydrogen-bond acceptors (Lipinski definition) is 5. The molecule has 0 amide bonds. The number of hydrogen-bond donors (Lipinski definition) is 4. The zero-order valence-corrected chi connectivity index (χ0v) is 33.4. The summed E-state index contributed by atoms with van der Waals surface area (Å²) in [5, 5.41) is 12.5. The molecule has 284 valence electrons. The average molecular weight is 808 g/mol. The smallest absolute Gasteiger partial charge is 0.120 e. The highest BCUT2D eigenvalue weighted by Crippen LogP contribution is 2.50. The van der Waals surface area contributed by atoms with Gasteiger partial charge in [-0.3, -0.25) is 0 Å². The van der Waals surface area contributed by atoms with E-state index in [9.17, 15) is 0 Å². The quantitative estimate of drug-likeness (QED) is 0.0689. The van der Waals surface area contributed by atoms with E-state index in [0.717, 1.165) is 132 Å². The summed E-state index contributed by atoms with van der Waals surface area (Å²) in [4.78, 5) is 43.7. The van der Waals surface area contributed by atoms with Crippen LogP contribution in [-0.2, 0) is 0 Å². The molecule has 4 N–H and O–H groups in total. The fraction of sp³-hybridized carbons (Fsp3) is 0.0192. The first-order chi connectivity index (χ1) is 30.6. The van der Waals surface area contributed by atoms with E-state index in [1.807, 2.05) is 0 Å². The van der Waals surface area contributed by atoms with Crippen molar-refractivity contribution in [3.8, 4) is 11.3 Å². The van der Waals surface area contributed by atoms with Gasteiger partial charge in [0.25, 0.3) is 0 Å². The van der Waals surface area contributed by atoms with E-state index in [1.54, 1.807) is 0 Å². The Hall–Kier alpha value is -8.00. The summed E-state index contributed by atoms with van der Waals surface area (Å²) in [6, 6.07) is 39.5.